The Morgan fingerprint density at radius 1 is 1.43 bits per heavy atom. The quantitative estimate of drug-likeness (QED) is 0.499. The molecular weight excluding hydrogens is 195 g/mol. The van der Waals surface area contributed by atoms with Crippen molar-refractivity contribution in [1.29, 1.82) is 0 Å². The van der Waals surface area contributed by atoms with E-state index in [4.69, 9.17) is 11.6 Å². The van der Waals surface area contributed by atoms with Crippen LogP contribution in [-0.4, -0.2) is 22.7 Å². The van der Waals surface area contributed by atoms with E-state index in [1.54, 1.807) is 0 Å². The second kappa shape index (κ2) is 7.12. The maximum Gasteiger partial charge on any atom is 0.0314 e. The van der Waals surface area contributed by atoms with Crippen molar-refractivity contribution in [1.82, 2.24) is 0 Å². The summed E-state index contributed by atoms with van der Waals surface area (Å²) in [6, 6.07) is 0. The van der Waals surface area contributed by atoms with Crippen molar-refractivity contribution >= 4 is 39.3 Å². The first-order chi connectivity index (χ1) is 3.41. The second-order valence-corrected chi connectivity index (χ2v) is 3.39. The van der Waals surface area contributed by atoms with Crippen molar-refractivity contribution in [3.8, 4) is 0 Å². The van der Waals surface area contributed by atoms with Crippen molar-refractivity contribution in [3.63, 3.8) is 0 Å². The zero-order chi connectivity index (χ0) is 5.54. The normalized spacial score (nSPS) is 9.43. The molecule has 0 heterocycles. The first-order valence-corrected chi connectivity index (χ1v) is 4.92. The lowest BCUT2D eigenvalue weighted by molar-refractivity contribution is 1.49. The van der Waals surface area contributed by atoms with Crippen LogP contribution in [0.25, 0.3) is 0 Å². The summed E-state index contributed by atoms with van der Waals surface area (Å²) in [7, 11) is 0. The van der Waals surface area contributed by atoms with Gasteiger partial charge in [-0.05, 0) is 0 Å². The Hall–Kier alpha value is 1.12. The lowest BCUT2D eigenvalue weighted by Crippen LogP contribution is -1.82. The molecule has 0 aromatic carbocycles. The minimum atomic E-state index is 0.775. The Labute approximate surface area is 62.1 Å². The number of hydrogen-bond acceptors (Lipinski definition) is 1. The van der Waals surface area contributed by atoms with Gasteiger partial charge in [-0.25, -0.2) is 0 Å². The Kier molecular flexibility index (Phi) is 8.26. The average Bonchev–Trinajstić information content (AvgIpc) is 1.69. The molecule has 0 aromatic heterocycles. The van der Waals surface area contributed by atoms with Gasteiger partial charge >= 0.3 is 0 Å². The fourth-order valence-electron chi connectivity index (χ4n) is 0.211. The molecule has 0 atom stereocenters. The van der Waals surface area contributed by atoms with Crippen molar-refractivity contribution in [3.05, 3.63) is 0 Å². The van der Waals surface area contributed by atoms with E-state index in [0.717, 1.165) is 17.0 Å². The molecule has 0 aliphatic carbocycles. The predicted octanol–water partition coefficient (Wildman–Crippen LogP) is 2.35. The molecule has 0 aliphatic rings. The first-order valence-electron chi connectivity index (χ1n) is 2.11. The molecule has 0 aliphatic heterocycles. The monoisotopic (exact) mass is 202 g/mol. The van der Waals surface area contributed by atoms with Gasteiger partial charge in [0.25, 0.3) is 0 Å². The molecule has 44 valence electrons. The third-order valence-electron chi connectivity index (χ3n) is 0.443. The number of halogens is 2. The maximum absolute atomic E-state index is 5.40. The molecule has 0 spiro atoms. The van der Waals surface area contributed by atoms with Crippen LogP contribution in [0.15, 0.2) is 0 Å². The Morgan fingerprint density at radius 3 is 2.57 bits per heavy atom. The Balaban J connectivity index is 2.45. The molecule has 3 heteroatoms. The van der Waals surface area contributed by atoms with E-state index >= 15 is 0 Å². The minimum absolute atomic E-state index is 0.775. The third-order valence-corrected chi connectivity index (χ3v) is 2.76. The smallest absolute Gasteiger partial charge is 0.0314 e. The highest BCUT2D eigenvalue weighted by Gasteiger charge is 1.81. The van der Waals surface area contributed by atoms with Gasteiger partial charge < -0.3 is 0 Å². The molecule has 0 saturated carbocycles. The predicted molar refractivity (Wildman–Crippen MR) is 41.8 cm³/mol. The van der Waals surface area contributed by atoms with Gasteiger partial charge in [0.1, 0.15) is 0 Å². The van der Waals surface area contributed by atoms with Gasteiger partial charge in [-0.1, -0.05) is 15.9 Å². The van der Waals surface area contributed by atoms with Gasteiger partial charge in [-0.15, -0.1) is 11.6 Å². The molecule has 0 saturated heterocycles. The Morgan fingerprint density at radius 2 is 2.14 bits per heavy atom. The van der Waals surface area contributed by atoms with Crippen LogP contribution in [0.3, 0.4) is 0 Å². The van der Waals surface area contributed by atoms with Gasteiger partial charge in [0.05, 0.1) is 0 Å². The fraction of sp³-hybridized carbons (Fsp3) is 1.00. The van der Waals surface area contributed by atoms with Gasteiger partial charge in [0.2, 0.25) is 0 Å². The number of alkyl halides is 2. The van der Waals surface area contributed by atoms with E-state index in [2.05, 4.69) is 15.9 Å². The van der Waals surface area contributed by atoms with E-state index in [0.29, 0.717) is 0 Å². The second-order valence-electron chi connectivity index (χ2n) is 0.990. The summed E-state index contributed by atoms with van der Waals surface area (Å²) in [5.74, 6) is 3.03. The van der Waals surface area contributed by atoms with Crippen LogP contribution in [0.2, 0.25) is 0 Å². The van der Waals surface area contributed by atoms with Gasteiger partial charge in [0, 0.05) is 22.7 Å². The molecule has 0 radical (unpaired) electrons. The Bertz CT molecular complexity index is 30.9. The van der Waals surface area contributed by atoms with Crippen molar-refractivity contribution in [2.75, 3.05) is 22.7 Å². The molecule has 0 nitrogen and oxygen atoms in total. The summed E-state index contributed by atoms with van der Waals surface area (Å²) in [4.78, 5) is 0. The zero-order valence-electron chi connectivity index (χ0n) is 3.99. The number of rotatable bonds is 4. The van der Waals surface area contributed by atoms with E-state index in [-0.39, 0.29) is 0 Å². The van der Waals surface area contributed by atoms with Gasteiger partial charge in [-0.2, -0.15) is 11.8 Å². The lowest BCUT2D eigenvalue weighted by atomic mass is 10.9. The van der Waals surface area contributed by atoms with Gasteiger partial charge in [0.15, 0.2) is 0 Å². The lowest BCUT2D eigenvalue weighted by Gasteiger charge is -1.89. The highest BCUT2D eigenvalue weighted by molar-refractivity contribution is 9.09. The summed E-state index contributed by atoms with van der Waals surface area (Å²) in [6.45, 7) is 0. The van der Waals surface area contributed by atoms with Crippen LogP contribution in [0.1, 0.15) is 0 Å². The van der Waals surface area contributed by atoms with Gasteiger partial charge in [-0.3, -0.25) is 0 Å². The fourth-order valence-corrected chi connectivity index (χ4v) is 1.65. The van der Waals surface area contributed by atoms with E-state index in [1.807, 2.05) is 11.8 Å². The van der Waals surface area contributed by atoms with Crippen LogP contribution in [0.4, 0.5) is 0 Å². The van der Waals surface area contributed by atoms with Crippen molar-refractivity contribution < 1.29 is 0 Å². The molecule has 0 bridgehead atoms. The summed E-state index contributed by atoms with van der Waals surface area (Å²) in [5, 5.41) is 1.08. The molecule has 0 amide bonds. The topological polar surface area (TPSA) is 0 Å². The van der Waals surface area contributed by atoms with Crippen molar-refractivity contribution in [2.24, 2.45) is 0 Å². The summed E-state index contributed by atoms with van der Waals surface area (Å²) in [6.07, 6.45) is 0. The third kappa shape index (κ3) is 7.12. The number of thioether (sulfide) groups is 1. The molecule has 0 N–H and O–H groups in total. The number of hydrogen-bond donors (Lipinski definition) is 0. The summed E-state index contributed by atoms with van der Waals surface area (Å²) >= 11 is 10.6. The van der Waals surface area contributed by atoms with Crippen molar-refractivity contribution in [2.45, 2.75) is 0 Å². The van der Waals surface area contributed by atoms with Crippen LogP contribution in [0.5, 0.6) is 0 Å². The highest BCUT2D eigenvalue weighted by Crippen LogP contribution is 2.00. The standard InChI is InChI=1S/C4H8BrClS/c5-1-3-7-4-2-6/h1-4H2. The van der Waals surface area contributed by atoms with E-state index in [9.17, 15) is 0 Å². The van der Waals surface area contributed by atoms with Crippen LogP contribution in [-0.2, 0) is 0 Å². The van der Waals surface area contributed by atoms with Crippen LogP contribution < -0.4 is 0 Å². The average molecular weight is 204 g/mol. The van der Waals surface area contributed by atoms with Crippen LogP contribution in [0, 0.1) is 0 Å². The highest BCUT2D eigenvalue weighted by atomic mass is 79.9. The van der Waals surface area contributed by atoms with Crippen LogP contribution >= 0.6 is 39.3 Å². The molecule has 0 aromatic rings. The molecule has 0 fully saturated rings. The minimum Gasteiger partial charge on any atom is -0.160 e. The molecule has 0 rings (SSSR count). The maximum atomic E-state index is 5.40. The summed E-state index contributed by atoms with van der Waals surface area (Å²) < 4.78 is 0. The SMILES string of the molecule is ClCCSCCBr. The first kappa shape index (κ1) is 8.12. The summed E-state index contributed by atoms with van der Waals surface area (Å²) in [5.41, 5.74) is 0. The van der Waals surface area contributed by atoms with E-state index in [1.165, 1.54) is 5.75 Å². The largest absolute Gasteiger partial charge is 0.160 e. The molecule has 7 heavy (non-hydrogen) atoms. The zero-order valence-corrected chi connectivity index (χ0v) is 7.15. The molecular formula is C4H8BrClS. The molecule has 0 unspecified atom stereocenters. The van der Waals surface area contributed by atoms with E-state index < -0.39 is 0 Å².